The third-order valence-electron chi connectivity index (χ3n) is 0.957. The molecule has 1 unspecified atom stereocenters. The molecule has 5 heteroatoms. The fourth-order valence-electron chi connectivity index (χ4n) is 0.378. The molecular weight excluding hydrogens is 167 g/mol. The van der Waals surface area contributed by atoms with Crippen LogP contribution in [0.4, 0.5) is 22.0 Å². The molecule has 0 aromatic heterocycles. The Balaban J connectivity index is 4.70. The zero-order valence-electron chi connectivity index (χ0n) is 5.60. The monoisotopic (exact) mass is 172 g/mol. The average Bonchev–Trinajstić information content (AvgIpc) is 1.86. The first-order valence-electron chi connectivity index (χ1n) is 2.63. The Morgan fingerprint density at radius 2 is 1.64 bits per heavy atom. The molecule has 0 saturated heterocycles. The lowest BCUT2D eigenvalue weighted by Gasteiger charge is -2.18. The quantitative estimate of drug-likeness (QED) is 0.420. The zero-order chi connectivity index (χ0) is 9.12. The Morgan fingerprint density at radius 3 is 1.73 bits per heavy atom. The maximum absolute atomic E-state index is 12.4. The molecule has 64 valence electrons. The highest BCUT2D eigenvalue weighted by molar-refractivity contribution is 5.16. The first-order chi connectivity index (χ1) is 4.87. The average molecular weight is 172 g/mol. The van der Waals surface area contributed by atoms with E-state index < -0.39 is 18.5 Å². The van der Waals surface area contributed by atoms with E-state index in [0.29, 0.717) is 0 Å². The van der Waals surface area contributed by atoms with Crippen molar-refractivity contribution in [1.29, 1.82) is 0 Å². The Labute approximate surface area is 60.4 Å². The molecule has 0 aromatic carbocycles. The summed E-state index contributed by atoms with van der Waals surface area (Å²) in [5.41, 5.74) is -4.00. The first kappa shape index (κ1) is 10.2. The van der Waals surface area contributed by atoms with E-state index in [1.807, 2.05) is 0 Å². The SMILES string of the molecule is CC#CC(F)(CF)C(F)(F)F. The Hall–Kier alpha value is -0.790. The number of rotatable bonds is 1. The van der Waals surface area contributed by atoms with Crippen molar-refractivity contribution in [3.05, 3.63) is 0 Å². The molecule has 0 radical (unpaired) electrons. The van der Waals surface area contributed by atoms with Gasteiger partial charge in [-0.15, -0.1) is 5.92 Å². The summed E-state index contributed by atoms with van der Waals surface area (Å²) in [7, 11) is 0. The van der Waals surface area contributed by atoms with Gasteiger partial charge in [0, 0.05) is 0 Å². The van der Waals surface area contributed by atoms with Crippen LogP contribution in [0, 0.1) is 11.8 Å². The van der Waals surface area contributed by atoms with Crippen LogP contribution in [-0.2, 0) is 0 Å². The highest BCUT2D eigenvalue weighted by Gasteiger charge is 2.55. The summed E-state index contributed by atoms with van der Waals surface area (Å²) in [6.07, 6.45) is -5.26. The standard InChI is InChI=1S/C6H5F5/c1-2-3-5(8,4-7)6(9,10)11/h4H2,1H3. The lowest BCUT2D eigenvalue weighted by Crippen LogP contribution is -2.41. The van der Waals surface area contributed by atoms with Gasteiger partial charge >= 0.3 is 6.18 Å². The molecule has 0 nitrogen and oxygen atoms in total. The molecule has 0 saturated carbocycles. The zero-order valence-corrected chi connectivity index (χ0v) is 5.60. The minimum absolute atomic E-state index is 1.01. The molecule has 0 fully saturated rings. The number of hydrogen-bond acceptors (Lipinski definition) is 0. The largest absolute Gasteiger partial charge is 0.436 e. The molecule has 0 aromatic rings. The van der Waals surface area contributed by atoms with E-state index in [1.165, 1.54) is 0 Å². The predicted molar refractivity (Wildman–Crippen MR) is 29.3 cm³/mol. The summed E-state index contributed by atoms with van der Waals surface area (Å²) in [5.74, 6) is 2.81. The van der Waals surface area contributed by atoms with Gasteiger partial charge in [-0.3, -0.25) is 0 Å². The van der Waals surface area contributed by atoms with Crippen LogP contribution in [0.25, 0.3) is 0 Å². The normalized spacial score (nSPS) is 16.5. The van der Waals surface area contributed by atoms with Crippen molar-refractivity contribution >= 4 is 0 Å². The van der Waals surface area contributed by atoms with E-state index in [1.54, 1.807) is 5.92 Å². The smallest absolute Gasteiger partial charge is 0.246 e. The molecule has 0 rings (SSSR count). The number of alkyl halides is 5. The minimum Gasteiger partial charge on any atom is -0.246 e. The van der Waals surface area contributed by atoms with Crippen molar-refractivity contribution in [2.75, 3.05) is 6.67 Å². The van der Waals surface area contributed by atoms with E-state index in [-0.39, 0.29) is 0 Å². The fraction of sp³-hybridized carbons (Fsp3) is 0.667. The molecular formula is C6H5F5. The van der Waals surface area contributed by atoms with E-state index >= 15 is 0 Å². The second-order valence-corrected chi connectivity index (χ2v) is 1.81. The molecule has 0 heterocycles. The van der Waals surface area contributed by atoms with Crippen LogP contribution in [0.5, 0.6) is 0 Å². The maximum atomic E-state index is 12.4. The van der Waals surface area contributed by atoms with Crippen molar-refractivity contribution in [2.45, 2.75) is 18.8 Å². The predicted octanol–water partition coefficient (Wildman–Crippen LogP) is 2.25. The van der Waals surface area contributed by atoms with Gasteiger partial charge in [0.25, 0.3) is 5.67 Å². The van der Waals surface area contributed by atoms with Crippen molar-refractivity contribution < 1.29 is 22.0 Å². The number of halogens is 5. The summed E-state index contributed by atoms with van der Waals surface area (Å²) in [4.78, 5) is 0. The number of hydrogen-bond donors (Lipinski definition) is 0. The van der Waals surface area contributed by atoms with Crippen molar-refractivity contribution in [3.8, 4) is 11.8 Å². The topological polar surface area (TPSA) is 0 Å². The first-order valence-corrected chi connectivity index (χ1v) is 2.63. The van der Waals surface area contributed by atoms with Crippen molar-refractivity contribution in [2.24, 2.45) is 0 Å². The fourth-order valence-corrected chi connectivity index (χ4v) is 0.378. The van der Waals surface area contributed by atoms with Crippen LogP contribution in [0.2, 0.25) is 0 Å². The summed E-state index contributed by atoms with van der Waals surface area (Å²) in [6, 6.07) is 0. The van der Waals surface area contributed by atoms with Gasteiger partial charge < -0.3 is 0 Å². The second kappa shape index (κ2) is 3.07. The lowest BCUT2D eigenvalue weighted by molar-refractivity contribution is -0.212. The van der Waals surface area contributed by atoms with Crippen LogP contribution in [0.15, 0.2) is 0 Å². The third-order valence-corrected chi connectivity index (χ3v) is 0.957. The second-order valence-electron chi connectivity index (χ2n) is 1.81. The summed E-state index contributed by atoms with van der Waals surface area (Å²) in [5, 5.41) is 0. The molecule has 0 aliphatic rings. The highest BCUT2D eigenvalue weighted by atomic mass is 19.4. The van der Waals surface area contributed by atoms with E-state index in [2.05, 4.69) is 0 Å². The van der Waals surface area contributed by atoms with Crippen molar-refractivity contribution in [3.63, 3.8) is 0 Å². The Kier molecular flexibility index (Phi) is 2.85. The van der Waals surface area contributed by atoms with Crippen molar-refractivity contribution in [1.82, 2.24) is 0 Å². The summed E-state index contributed by atoms with van der Waals surface area (Å²) in [6.45, 7) is -1.16. The molecule has 0 N–H and O–H groups in total. The van der Waals surface area contributed by atoms with E-state index in [4.69, 9.17) is 0 Å². The Morgan fingerprint density at radius 1 is 1.18 bits per heavy atom. The maximum Gasteiger partial charge on any atom is 0.436 e. The van der Waals surface area contributed by atoms with Gasteiger partial charge in [-0.2, -0.15) is 13.2 Å². The van der Waals surface area contributed by atoms with Gasteiger partial charge in [0.05, 0.1) is 0 Å². The van der Waals surface area contributed by atoms with Gasteiger partial charge in [-0.25, -0.2) is 8.78 Å². The van der Waals surface area contributed by atoms with Crippen LogP contribution < -0.4 is 0 Å². The molecule has 0 spiro atoms. The third kappa shape index (κ3) is 2.07. The van der Waals surface area contributed by atoms with Gasteiger partial charge in [0.15, 0.2) is 0 Å². The molecule has 11 heavy (non-hydrogen) atoms. The molecule has 0 amide bonds. The molecule has 0 bridgehead atoms. The van der Waals surface area contributed by atoms with Crippen LogP contribution >= 0.6 is 0 Å². The van der Waals surface area contributed by atoms with E-state index in [0.717, 1.165) is 12.8 Å². The van der Waals surface area contributed by atoms with Crippen LogP contribution in [0.3, 0.4) is 0 Å². The minimum atomic E-state index is -5.26. The molecule has 0 aliphatic heterocycles. The van der Waals surface area contributed by atoms with Gasteiger partial charge in [-0.05, 0) is 6.92 Å². The van der Waals surface area contributed by atoms with Gasteiger partial charge in [-0.1, -0.05) is 5.92 Å². The molecule has 1 atom stereocenters. The van der Waals surface area contributed by atoms with Gasteiger partial charge in [0.2, 0.25) is 0 Å². The van der Waals surface area contributed by atoms with E-state index in [9.17, 15) is 22.0 Å². The molecule has 0 aliphatic carbocycles. The van der Waals surface area contributed by atoms with Gasteiger partial charge in [0.1, 0.15) is 6.67 Å². The van der Waals surface area contributed by atoms with Crippen LogP contribution in [-0.4, -0.2) is 18.5 Å². The summed E-state index contributed by atoms with van der Waals surface area (Å²) < 4.78 is 58.6. The van der Waals surface area contributed by atoms with Crippen LogP contribution in [0.1, 0.15) is 6.92 Å². The summed E-state index contributed by atoms with van der Waals surface area (Å²) >= 11 is 0. The highest BCUT2D eigenvalue weighted by Crippen LogP contribution is 2.33. The Bertz CT molecular complexity index is 183. The lowest BCUT2D eigenvalue weighted by atomic mass is 10.1.